The van der Waals surface area contributed by atoms with Gasteiger partial charge < -0.3 is 20.1 Å². The van der Waals surface area contributed by atoms with Crippen LogP contribution in [0.15, 0.2) is 59.3 Å². The molecule has 8 nitrogen and oxygen atoms in total. The maximum absolute atomic E-state index is 10.8. The fourth-order valence-corrected chi connectivity index (χ4v) is 3.78. The minimum Gasteiger partial charge on any atom is -0.493 e. The second kappa shape index (κ2) is 13.2. The molecular weight excluding hydrogens is 535 g/mol. The summed E-state index contributed by atoms with van der Waals surface area (Å²) < 4.78 is 12.2. The quantitative estimate of drug-likeness (QED) is 0.179. The summed E-state index contributed by atoms with van der Waals surface area (Å²) in [7, 11) is 1.60. The zero-order valence-corrected chi connectivity index (χ0v) is 20.9. The van der Waals surface area contributed by atoms with Crippen LogP contribution in [0.4, 0.5) is 11.4 Å². The normalized spacial score (nSPS) is 10.3. The van der Waals surface area contributed by atoms with Crippen molar-refractivity contribution in [1.29, 1.82) is 0 Å². The summed E-state index contributed by atoms with van der Waals surface area (Å²) in [4.78, 5) is 14.4. The number of hydrogen-bond donors (Lipinski definition) is 2. The van der Waals surface area contributed by atoms with Crippen LogP contribution in [0.2, 0.25) is 5.02 Å². The molecule has 2 N–H and O–H groups in total. The van der Waals surface area contributed by atoms with Crippen LogP contribution in [0.3, 0.4) is 0 Å². The van der Waals surface area contributed by atoms with Crippen molar-refractivity contribution in [2.24, 2.45) is 0 Å². The SMILES string of the molecule is COc1cc(CNCCNc2ccc([N+](=O)[O-])cc2Cl)cc(Br)c1OCc1cccnc1.Cl. The molecule has 0 bridgehead atoms. The Kier molecular flexibility index (Phi) is 10.7. The molecule has 0 aliphatic carbocycles. The Labute approximate surface area is 211 Å². The largest absolute Gasteiger partial charge is 0.493 e. The fourth-order valence-electron chi connectivity index (χ4n) is 2.93. The number of non-ortho nitro benzene ring substituents is 1. The van der Waals surface area contributed by atoms with Crippen LogP contribution in [0.1, 0.15) is 11.1 Å². The van der Waals surface area contributed by atoms with Gasteiger partial charge in [-0.3, -0.25) is 15.1 Å². The molecule has 3 aromatic rings. The Morgan fingerprint density at radius 1 is 1.18 bits per heavy atom. The minimum atomic E-state index is -0.473. The minimum absolute atomic E-state index is 0. The van der Waals surface area contributed by atoms with E-state index in [0.29, 0.717) is 48.5 Å². The van der Waals surface area contributed by atoms with Crippen LogP contribution >= 0.6 is 39.9 Å². The maximum Gasteiger partial charge on any atom is 0.271 e. The lowest BCUT2D eigenvalue weighted by molar-refractivity contribution is -0.384. The van der Waals surface area contributed by atoms with E-state index >= 15 is 0 Å². The molecule has 1 aromatic heterocycles. The van der Waals surface area contributed by atoms with E-state index in [4.69, 9.17) is 21.1 Å². The molecule has 11 heteroatoms. The van der Waals surface area contributed by atoms with E-state index in [1.807, 2.05) is 24.3 Å². The molecule has 1 heterocycles. The van der Waals surface area contributed by atoms with Gasteiger partial charge >= 0.3 is 0 Å². The molecule has 0 unspecified atom stereocenters. The lowest BCUT2D eigenvalue weighted by Crippen LogP contribution is -2.22. The number of benzene rings is 2. The van der Waals surface area contributed by atoms with Gasteiger partial charge in [0, 0.05) is 49.7 Å². The Balaban J connectivity index is 0.00000385. The van der Waals surface area contributed by atoms with E-state index in [1.165, 1.54) is 12.1 Å². The Hall–Kier alpha value is -2.59. The average molecular weight is 558 g/mol. The summed E-state index contributed by atoms with van der Waals surface area (Å²) in [5, 5.41) is 17.6. The number of nitrogens with zero attached hydrogens (tertiary/aromatic N) is 2. The first-order valence-electron chi connectivity index (χ1n) is 9.74. The second-order valence-electron chi connectivity index (χ2n) is 6.78. The molecular formula is C22H23BrCl2N4O4. The van der Waals surface area contributed by atoms with Gasteiger partial charge in [-0.05, 0) is 45.8 Å². The van der Waals surface area contributed by atoms with Gasteiger partial charge in [0.1, 0.15) is 6.61 Å². The number of nitro benzene ring substituents is 1. The van der Waals surface area contributed by atoms with Gasteiger partial charge in [-0.25, -0.2) is 0 Å². The van der Waals surface area contributed by atoms with Crippen molar-refractivity contribution in [2.75, 3.05) is 25.5 Å². The van der Waals surface area contributed by atoms with Crippen molar-refractivity contribution in [3.63, 3.8) is 0 Å². The number of hydrogen-bond acceptors (Lipinski definition) is 7. The molecule has 0 radical (unpaired) electrons. The van der Waals surface area contributed by atoms with Crippen LogP contribution in [0.25, 0.3) is 0 Å². The molecule has 0 saturated carbocycles. The molecule has 0 spiro atoms. The fraction of sp³-hybridized carbons (Fsp3) is 0.227. The zero-order valence-electron chi connectivity index (χ0n) is 17.7. The van der Waals surface area contributed by atoms with Gasteiger partial charge in [-0.2, -0.15) is 0 Å². The van der Waals surface area contributed by atoms with Crippen LogP contribution in [0, 0.1) is 10.1 Å². The maximum atomic E-state index is 10.8. The topological polar surface area (TPSA) is 98.5 Å². The number of nitrogens with one attached hydrogen (secondary N) is 2. The highest BCUT2D eigenvalue weighted by Crippen LogP contribution is 2.37. The molecule has 0 aliphatic rings. The zero-order chi connectivity index (χ0) is 22.9. The van der Waals surface area contributed by atoms with Crippen LogP contribution < -0.4 is 20.1 Å². The third-order valence-electron chi connectivity index (χ3n) is 4.51. The first kappa shape index (κ1) is 26.7. The summed E-state index contributed by atoms with van der Waals surface area (Å²) in [5.41, 5.74) is 2.60. The molecule has 176 valence electrons. The van der Waals surface area contributed by atoms with E-state index in [-0.39, 0.29) is 18.1 Å². The van der Waals surface area contributed by atoms with E-state index in [2.05, 4.69) is 31.5 Å². The highest BCUT2D eigenvalue weighted by molar-refractivity contribution is 9.10. The molecule has 0 fully saturated rings. The predicted octanol–water partition coefficient (Wildman–Crippen LogP) is 5.62. The first-order chi connectivity index (χ1) is 15.5. The molecule has 2 aromatic carbocycles. The van der Waals surface area contributed by atoms with Gasteiger partial charge in [0.25, 0.3) is 5.69 Å². The average Bonchev–Trinajstić information content (AvgIpc) is 2.79. The second-order valence-corrected chi connectivity index (χ2v) is 8.05. The lowest BCUT2D eigenvalue weighted by Gasteiger charge is -2.15. The predicted molar refractivity (Wildman–Crippen MR) is 135 cm³/mol. The third kappa shape index (κ3) is 7.75. The Morgan fingerprint density at radius 3 is 2.67 bits per heavy atom. The molecule has 0 saturated heterocycles. The number of pyridine rings is 1. The highest BCUT2D eigenvalue weighted by atomic mass is 79.9. The van der Waals surface area contributed by atoms with E-state index in [9.17, 15) is 10.1 Å². The van der Waals surface area contributed by atoms with E-state index in [0.717, 1.165) is 15.6 Å². The number of ether oxygens (including phenoxy) is 2. The number of anilines is 1. The van der Waals surface area contributed by atoms with Crippen LogP contribution in [-0.4, -0.2) is 30.1 Å². The van der Waals surface area contributed by atoms with Gasteiger partial charge in [0.2, 0.25) is 0 Å². The monoisotopic (exact) mass is 556 g/mol. The number of nitro groups is 1. The Bertz CT molecular complexity index is 1070. The van der Waals surface area contributed by atoms with Crippen molar-refractivity contribution < 1.29 is 14.4 Å². The third-order valence-corrected chi connectivity index (χ3v) is 5.41. The van der Waals surface area contributed by atoms with Crippen LogP contribution in [-0.2, 0) is 13.2 Å². The lowest BCUT2D eigenvalue weighted by atomic mass is 10.2. The number of halogens is 3. The number of rotatable bonds is 11. The molecule has 0 amide bonds. The molecule has 0 atom stereocenters. The van der Waals surface area contributed by atoms with Gasteiger partial charge in [-0.15, -0.1) is 12.4 Å². The van der Waals surface area contributed by atoms with Crippen molar-refractivity contribution in [1.82, 2.24) is 10.3 Å². The summed E-state index contributed by atoms with van der Waals surface area (Å²) in [6.45, 7) is 2.26. The number of aromatic nitrogens is 1. The summed E-state index contributed by atoms with van der Waals surface area (Å²) in [6.07, 6.45) is 3.48. The van der Waals surface area contributed by atoms with Crippen LogP contribution in [0.5, 0.6) is 11.5 Å². The van der Waals surface area contributed by atoms with Crippen molar-refractivity contribution in [3.8, 4) is 11.5 Å². The highest BCUT2D eigenvalue weighted by Gasteiger charge is 2.12. The summed E-state index contributed by atoms with van der Waals surface area (Å²) in [6, 6.07) is 12.1. The van der Waals surface area contributed by atoms with E-state index < -0.39 is 4.92 Å². The summed E-state index contributed by atoms with van der Waals surface area (Å²) in [5.74, 6) is 1.27. The van der Waals surface area contributed by atoms with Crippen molar-refractivity contribution >= 4 is 51.3 Å². The van der Waals surface area contributed by atoms with Gasteiger partial charge in [0.05, 0.1) is 27.2 Å². The van der Waals surface area contributed by atoms with Gasteiger partial charge in [-0.1, -0.05) is 17.7 Å². The van der Waals surface area contributed by atoms with Crippen molar-refractivity contribution in [2.45, 2.75) is 13.2 Å². The summed E-state index contributed by atoms with van der Waals surface area (Å²) >= 11 is 9.66. The molecule has 33 heavy (non-hydrogen) atoms. The first-order valence-corrected chi connectivity index (χ1v) is 10.9. The van der Waals surface area contributed by atoms with Gasteiger partial charge in [0.15, 0.2) is 11.5 Å². The van der Waals surface area contributed by atoms with E-state index in [1.54, 1.807) is 25.6 Å². The standard InChI is InChI=1S/C22H22BrClN4O4.ClH/c1-31-21-10-16(9-18(23)22(21)32-14-15-3-2-6-25-12-15)13-26-7-8-27-20-5-4-17(28(29)30)11-19(20)24;/h2-6,9-12,26-27H,7-8,13-14H2,1H3;1H. The smallest absolute Gasteiger partial charge is 0.271 e. The molecule has 3 rings (SSSR count). The Morgan fingerprint density at radius 2 is 2.00 bits per heavy atom. The number of methoxy groups -OCH3 is 1. The van der Waals surface area contributed by atoms with Crippen molar-refractivity contribution in [3.05, 3.63) is 85.6 Å². The molecule has 0 aliphatic heterocycles.